The SMILES string of the molecule is CC(C)(C)CCOc1ccc(F)cc1CN. The summed E-state index contributed by atoms with van der Waals surface area (Å²) >= 11 is 0. The first-order valence-corrected chi connectivity index (χ1v) is 5.54. The Bertz CT molecular complexity index is 344. The van der Waals surface area contributed by atoms with E-state index < -0.39 is 0 Å². The van der Waals surface area contributed by atoms with Gasteiger partial charge in [-0.2, -0.15) is 0 Å². The average molecular weight is 225 g/mol. The van der Waals surface area contributed by atoms with Gasteiger partial charge >= 0.3 is 0 Å². The highest BCUT2D eigenvalue weighted by molar-refractivity contribution is 5.33. The molecule has 0 radical (unpaired) electrons. The molecule has 1 rings (SSSR count). The van der Waals surface area contributed by atoms with E-state index >= 15 is 0 Å². The largest absolute Gasteiger partial charge is 0.493 e. The standard InChI is InChI=1S/C13H20FNO/c1-13(2,3)6-7-16-12-5-4-11(14)8-10(12)9-15/h4-5,8H,6-7,9,15H2,1-3H3. The van der Waals surface area contributed by atoms with Crippen molar-refractivity contribution in [1.29, 1.82) is 0 Å². The van der Waals surface area contributed by atoms with Crippen LogP contribution < -0.4 is 10.5 Å². The van der Waals surface area contributed by atoms with Crippen LogP contribution in [0.5, 0.6) is 5.75 Å². The Morgan fingerprint density at radius 1 is 1.31 bits per heavy atom. The summed E-state index contributed by atoms with van der Waals surface area (Å²) in [5.41, 5.74) is 6.49. The fourth-order valence-electron chi connectivity index (χ4n) is 1.32. The molecule has 0 bridgehead atoms. The molecule has 0 saturated carbocycles. The molecule has 0 aliphatic carbocycles. The van der Waals surface area contributed by atoms with Gasteiger partial charge < -0.3 is 10.5 Å². The summed E-state index contributed by atoms with van der Waals surface area (Å²) in [6.07, 6.45) is 0.953. The molecule has 0 atom stereocenters. The van der Waals surface area contributed by atoms with E-state index in [0.29, 0.717) is 24.5 Å². The van der Waals surface area contributed by atoms with Crippen LogP contribution in [-0.4, -0.2) is 6.61 Å². The summed E-state index contributed by atoms with van der Waals surface area (Å²) in [5, 5.41) is 0. The number of nitrogens with two attached hydrogens (primary N) is 1. The molecule has 16 heavy (non-hydrogen) atoms. The second kappa shape index (κ2) is 5.30. The molecule has 0 aliphatic rings. The van der Waals surface area contributed by atoms with Crippen molar-refractivity contribution in [1.82, 2.24) is 0 Å². The van der Waals surface area contributed by atoms with Crippen molar-refractivity contribution in [2.75, 3.05) is 6.61 Å². The van der Waals surface area contributed by atoms with Gasteiger partial charge in [-0.1, -0.05) is 20.8 Å². The molecule has 1 aromatic carbocycles. The highest BCUT2D eigenvalue weighted by atomic mass is 19.1. The smallest absolute Gasteiger partial charge is 0.123 e. The lowest BCUT2D eigenvalue weighted by molar-refractivity contribution is 0.241. The van der Waals surface area contributed by atoms with Gasteiger partial charge in [0.1, 0.15) is 11.6 Å². The van der Waals surface area contributed by atoms with Crippen molar-refractivity contribution in [3.8, 4) is 5.75 Å². The Kier molecular flexibility index (Phi) is 4.30. The van der Waals surface area contributed by atoms with E-state index in [9.17, 15) is 4.39 Å². The Hall–Kier alpha value is -1.09. The second-order valence-corrected chi connectivity index (χ2v) is 5.12. The van der Waals surface area contributed by atoms with Crippen LogP contribution in [0, 0.1) is 11.2 Å². The van der Waals surface area contributed by atoms with Gasteiger partial charge in [0.15, 0.2) is 0 Å². The Balaban J connectivity index is 2.60. The number of halogens is 1. The van der Waals surface area contributed by atoms with E-state index in [1.807, 2.05) is 0 Å². The van der Waals surface area contributed by atoms with E-state index in [0.717, 1.165) is 6.42 Å². The topological polar surface area (TPSA) is 35.2 Å². The molecule has 1 aromatic rings. The van der Waals surface area contributed by atoms with Crippen LogP contribution in [0.1, 0.15) is 32.8 Å². The molecule has 0 saturated heterocycles. The van der Waals surface area contributed by atoms with E-state index in [1.54, 1.807) is 6.07 Å². The van der Waals surface area contributed by atoms with Gasteiger partial charge in [-0.3, -0.25) is 0 Å². The van der Waals surface area contributed by atoms with Crippen molar-refractivity contribution >= 4 is 0 Å². The van der Waals surface area contributed by atoms with Crippen LogP contribution in [0.4, 0.5) is 4.39 Å². The second-order valence-electron chi connectivity index (χ2n) is 5.12. The lowest BCUT2D eigenvalue weighted by atomic mass is 9.93. The van der Waals surface area contributed by atoms with Crippen molar-refractivity contribution in [3.63, 3.8) is 0 Å². The van der Waals surface area contributed by atoms with Gasteiger partial charge in [0.2, 0.25) is 0 Å². The summed E-state index contributed by atoms with van der Waals surface area (Å²) in [6, 6.07) is 4.46. The fraction of sp³-hybridized carbons (Fsp3) is 0.538. The van der Waals surface area contributed by atoms with Crippen LogP contribution in [0.25, 0.3) is 0 Å². The predicted molar refractivity (Wildman–Crippen MR) is 63.9 cm³/mol. The number of hydrogen-bond donors (Lipinski definition) is 1. The van der Waals surface area contributed by atoms with Crippen molar-refractivity contribution in [2.24, 2.45) is 11.1 Å². The third kappa shape index (κ3) is 4.19. The lowest BCUT2D eigenvalue weighted by Gasteiger charge is -2.19. The first kappa shape index (κ1) is 13.0. The van der Waals surface area contributed by atoms with Gasteiger partial charge in [0, 0.05) is 12.1 Å². The van der Waals surface area contributed by atoms with E-state index in [-0.39, 0.29) is 11.2 Å². The Labute approximate surface area is 96.6 Å². The normalized spacial score (nSPS) is 11.6. The fourth-order valence-corrected chi connectivity index (χ4v) is 1.32. The zero-order chi connectivity index (χ0) is 12.2. The third-order valence-electron chi connectivity index (χ3n) is 2.35. The highest BCUT2D eigenvalue weighted by Gasteiger charge is 2.11. The maximum absolute atomic E-state index is 12.9. The minimum absolute atomic E-state index is 0.239. The molecule has 0 spiro atoms. The summed E-state index contributed by atoms with van der Waals surface area (Å²) < 4.78 is 18.5. The molecular weight excluding hydrogens is 205 g/mol. The summed E-state index contributed by atoms with van der Waals surface area (Å²) in [6.45, 7) is 7.39. The first-order chi connectivity index (χ1) is 7.42. The molecule has 90 valence electrons. The molecule has 0 amide bonds. The zero-order valence-electron chi connectivity index (χ0n) is 10.2. The predicted octanol–water partition coefficient (Wildman–Crippen LogP) is 3.10. The minimum atomic E-state index is -0.274. The maximum atomic E-state index is 12.9. The zero-order valence-corrected chi connectivity index (χ0v) is 10.2. The molecule has 0 heterocycles. The minimum Gasteiger partial charge on any atom is -0.493 e. The summed E-state index contributed by atoms with van der Waals surface area (Å²) in [5.74, 6) is 0.414. The average Bonchev–Trinajstić information content (AvgIpc) is 2.18. The number of hydrogen-bond acceptors (Lipinski definition) is 2. The Morgan fingerprint density at radius 2 is 2.00 bits per heavy atom. The van der Waals surface area contributed by atoms with Crippen LogP contribution in [0.3, 0.4) is 0 Å². The molecular formula is C13H20FNO. The van der Waals surface area contributed by atoms with Crippen molar-refractivity contribution < 1.29 is 9.13 Å². The van der Waals surface area contributed by atoms with Gasteiger partial charge in [0.05, 0.1) is 6.61 Å². The van der Waals surface area contributed by atoms with Crippen LogP contribution in [-0.2, 0) is 6.54 Å². The number of rotatable bonds is 4. The number of benzene rings is 1. The van der Waals surface area contributed by atoms with E-state index in [4.69, 9.17) is 10.5 Å². The van der Waals surface area contributed by atoms with Crippen LogP contribution in [0.15, 0.2) is 18.2 Å². The molecule has 0 unspecified atom stereocenters. The van der Waals surface area contributed by atoms with Crippen LogP contribution >= 0.6 is 0 Å². The van der Waals surface area contributed by atoms with E-state index in [2.05, 4.69) is 20.8 Å². The summed E-state index contributed by atoms with van der Waals surface area (Å²) in [4.78, 5) is 0. The van der Waals surface area contributed by atoms with Gasteiger partial charge in [-0.15, -0.1) is 0 Å². The molecule has 0 aliphatic heterocycles. The summed E-state index contributed by atoms with van der Waals surface area (Å²) in [7, 11) is 0. The Morgan fingerprint density at radius 3 is 2.56 bits per heavy atom. The third-order valence-corrected chi connectivity index (χ3v) is 2.35. The van der Waals surface area contributed by atoms with Gasteiger partial charge in [-0.05, 0) is 30.0 Å². The highest BCUT2D eigenvalue weighted by Crippen LogP contribution is 2.22. The molecule has 0 aromatic heterocycles. The lowest BCUT2D eigenvalue weighted by Crippen LogP contribution is -2.12. The van der Waals surface area contributed by atoms with Gasteiger partial charge in [0.25, 0.3) is 0 Å². The van der Waals surface area contributed by atoms with Gasteiger partial charge in [-0.25, -0.2) is 4.39 Å². The quantitative estimate of drug-likeness (QED) is 0.854. The first-order valence-electron chi connectivity index (χ1n) is 5.54. The molecule has 3 heteroatoms. The molecule has 0 fully saturated rings. The van der Waals surface area contributed by atoms with Crippen molar-refractivity contribution in [2.45, 2.75) is 33.7 Å². The maximum Gasteiger partial charge on any atom is 0.123 e. The molecule has 2 N–H and O–H groups in total. The van der Waals surface area contributed by atoms with Crippen molar-refractivity contribution in [3.05, 3.63) is 29.6 Å². The van der Waals surface area contributed by atoms with E-state index in [1.165, 1.54) is 12.1 Å². The number of ether oxygens (including phenoxy) is 1. The van der Waals surface area contributed by atoms with Crippen LogP contribution in [0.2, 0.25) is 0 Å². The monoisotopic (exact) mass is 225 g/mol. The molecule has 2 nitrogen and oxygen atoms in total.